The van der Waals surface area contributed by atoms with Crippen LogP contribution >= 0.6 is 8.69 Å². The van der Waals surface area contributed by atoms with Crippen LogP contribution in [0.5, 0.6) is 0 Å². The molecule has 1 aromatic rings. The van der Waals surface area contributed by atoms with E-state index in [0.29, 0.717) is 0 Å². The second kappa shape index (κ2) is 7.07. The Morgan fingerprint density at radius 2 is 1.78 bits per heavy atom. The lowest BCUT2D eigenvalue weighted by Crippen LogP contribution is -1.78. The molecule has 1 unspecified atom stereocenters. The molecule has 0 aliphatic heterocycles. The standard InChI is InChI=1S/C3H3N3.HO2P/c1-2-4-6-5-3-1;1-3-2/h1-3H;3H/p+1. The predicted molar refractivity (Wildman–Crippen MR) is 31.0 cm³/mol. The van der Waals surface area contributed by atoms with Crippen LogP contribution in [0.3, 0.4) is 0 Å². The summed E-state index contributed by atoms with van der Waals surface area (Å²) in [4.78, 5) is 7.04. The number of aromatic nitrogens is 3. The quantitative estimate of drug-likeness (QED) is 0.512. The van der Waals surface area contributed by atoms with Gasteiger partial charge in [0.05, 0.1) is 12.4 Å². The molecule has 0 fully saturated rings. The SMILES string of the molecule is O=[PH+]O.c1cnnnc1. The summed E-state index contributed by atoms with van der Waals surface area (Å²) in [6.07, 6.45) is 3.15. The number of nitrogens with zero attached hydrogens (tertiary/aromatic N) is 3. The first-order chi connectivity index (χ1) is 4.41. The van der Waals surface area contributed by atoms with Crippen molar-refractivity contribution in [1.82, 2.24) is 15.4 Å². The summed E-state index contributed by atoms with van der Waals surface area (Å²) < 4.78 is 8.51. The molecule has 48 valence electrons. The summed E-state index contributed by atoms with van der Waals surface area (Å²) >= 11 is 0. The van der Waals surface area contributed by atoms with Gasteiger partial charge in [0.25, 0.3) is 0 Å². The molecule has 9 heavy (non-hydrogen) atoms. The van der Waals surface area contributed by atoms with Gasteiger partial charge in [-0.25, -0.2) is 0 Å². The molecule has 0 aliphatic carbocycles. The van der Waals surface area contributed by atoms with Gasteiger partial charge in [0.1, 0.15) is 0 Å². The smallest absolute Gasteiger partial charge is 0.162 e. The average molecular weight is 146 g/mol. The van der Waals surface area contributed by atoms with Crippen molar-refractivity contribution >= 4 is 8.69 Å². The maximum Gasteiger partial charge on any atom is 0.491 e. The van der Waals surface area contributed by atoms with Crippen molar-refractivity contribution in [2.75, 3.05) is 0 Å². The summed E-state index contributed by atoms with van der Waals surface area (Å²) in [7, 11) is -1.17. The van der Waals surface area contributed by atoms with E-state index in [0.717, 1.165) is 0 Å². The Hall–Kier alpha value is -0.930. The van der Waals surface area contributed by atoms with Gasteiger partial charge in [-0.05, 0) is 15.8 Å². The van der Waals surface area contributed by atoms with Gasteiger partial charge in [0.2, 0.25) is 0 Å². The molecular weight excluding hydrogens is 141 g/mol. The second-order valence-corrected chi connectivity index (χ2v) is 1.08. The number of hydrogen-bond acceptors (Lipinski definition) is 4. The molecule has 0 aromatic carbocycles. The van der Waals surface area contributed by atoms with Gasteiger partial charge in [0, 0.05) is 0 Å². The van der Waals surface area contributed by atoms with Crippen LogP contribution in [0.15, 0.2) is 18.5 Å². The van der Waals surface area contributed by atoms with E-state index < -0.39 is 8.69 Å². The maximum absolute atomic E-state index is 8.51. The third kappa shape index (κ3) is 7.07. The van der Waals surface area contributed by atoms with Crippen molar-refractivity contribution in [2.24, 2.45) is 0 Å². The molecule has 1 heterocycles. The molecule has 0 aliphatic rings. The Kier molecular flexibility index (Phi) is 6.34. The molecule has 0 radical (unpaired) electrons. The topological polar surface area (TPSA) is 76.0 Å². The minimum atomic E-state index is -1.17. The number of hydrogen-bond donors (Lipinski definition) is 1. The second-order valence-electron chi connectivity index (χ2n) is 0.902. The van der Waals surface area contributed by atoms with Gasteiger partial charge in [-0.2, -0.15) is 4.89 Å². The molecule has 0 spiro atoms. The van der Waals surface area contributed by atoms with Gasteiger partial charge >= 0.3 is 8.69 Å². The molecule has 1 N–H and O–H groups in total. The Labute approximate surface area is 53.0 Å². The Bertz CT molecular complexity index is 120. The van der Waals surface area contributed by atoms with Crippen LogP contribution in [0.2, 0.25) is 0 Å². The number of rotatable bonds is 0. The van der Waals surface area contributed by atoms with Crippen LogP contribution < -0.4 is 0 Å². The largest absolute Gasteiger partial charge is 0.491 e. The summed E-state index contributed by atoms with van der Waals surface area (Å²) in [6, 6.07) is 1.72. The molecule has 0 saturated heterocycles. The summed E-state index contributed by atoms with van der Waals surface area (Å²) in [5, 5.41) is 10.1. The molecule has 0 bridgehead atoms. The fraction of sp³-hybridized carbons (Fsp3) is 0. The molecule has 1 atom stereocenters. The maximum atomic E-state index is 8.51. The van der Waals surface area contributed by atoms with Gasteiger partial charge in [-0.15, -0.1) is 10.2 Å². The zero-order valence-electron chi connectivity index (χ0n) is 4.43. The van der Waals surface area contributed by atoms with E-state index in [2.05, 4.69) is 15.4 Å². The lowest BCUT2D eigenvalue weighted by Gasteiger charge is -1.68. The fourth-order valence-electron chi connectivity index (χ4n) is 0.205. The first-order valence-electron chi connectivity index (χ1n) is 2.01. The highest BCUT2D eigenvalue weighted by molar-refractivity contribution is 7.16. The zero-order valence-corrected chi connectivity index (χ0v) is 5.43. The Morgan fingerprint density at radius 1 is 1.33 bits per heavy atom. The van der Waals surface area contributed by atoms with E-state index in [9.17, 15) is 0 Å². The highest BCUT2D eigenvalue weighted by Crippen LogP contribution is 1.66. The molecule has 6 heteroatoms. The zero-order chi connectivity index (χ0) is 6.95. The van der Waals surface area contributed by atoms with E-state index in [-0.39, 0.29) is 0 Å². The molecule has 0 saturated carbocycles. The molecular formula is C3H5N3O2P+. The Balaban J connectivity index is 0.000000187. The van der Waals surface area contributed by atoms with E-state index in [1.807, 2.05) is 0 Å². The predicted octanol–water partition coefficient (Wildman–Crippen LogP) is -0.211. The van der Waals surface area contributed by atoms with Crippen molar-refractivity contribution in [3.8, 4) is 0 Å². The van der Waals surface area contributed by atoms with Crippen LogP contribution in [-0.2, 0) is 4.57 Å². The first-order valence-corrected chi connectivity index (χ1v) is 2.87. The minimum absolute atomic E-state index is 1.17. The molecule has 1 rings (SSSR count). The fourth-order valence-corrected chi connectivity index (χ4v) is 0.205. The van der Waals surface area contributed by atoms with Gasteiger partial charge in [0.15, 0.2) is 0 Å². The first kappa shape index (κ1) is 8.07. The van der Waals surface area contributed by atoms with Crippen molar-refractivity contribution in [3.05, 3.63) is 18.5 Å². The molecule has 5 nitrogen and oxygen atoms in total. The van der Waals surface area contributed by atoms with Gasteiger partial charge in [-0.3, -0.25) is 0 Å². The molecule has 0 amide bonds. The third-order valence-electron chi connectivity index (χ3n) is 0.409. The van der Waals surface area contributed by atoms with Crippen LogP contribution in [-0.4, -0.2) is 20.3 Å². The summed E-state index contributed by atoms with van der Waals surface area (Å²) in [5.41, 5.74) is 0. The van der Waals surface area contributed by atoms with Crippen molar-refractivity contribution in [3.63, 3.8) is 0 Å². The van der Waals surface area contributed by atoms with Crippen LogP contribution in [0.4, 0.5) is 0 Å². The van der Waals surface area contributed by atoms with E-state index in [1.165, 1.54) is 0 Å². The highest BCUT2D eigenvalue weighted by Gasteiger charge is 1.60. The van der Waals surface area contributed by atoms with Crippen molar-refractivity contribution < 1.29 is 9.46 Å². The van der Waals surface area contributed by atoms with Crippen molar-refractivity contribution in [2.45, 2.75) is 0 Å². The summed E-state index contributed by atoms with van der Waals surface area (Å²) in [6.45, 7) is 0. The average Bonchev–Trinajstić information content (AvgIpc) is 1.93. The normalized spacial score (nSPS) is 7.67. The lowest BCUT2D eigenvalue weighted by molar-refractivity contribution is 0.524. The van der Waals surface area contributed by atoms with Crippen LogP contribution in [0.1, 0.15) is 0 Å². The van der Waals surface area contributed by atoms with Gasteiger partial charge < -0.3 is 0 Å². The van der Waals surface area contributed by atoms with E-state index in [1.54, 1.807) is 18.5 Å². The monoisotopic (exact) mass is 146 g/mol. The van der Waals surface area contributed by atoms with E-state index >= 15 is 0 Å². The minimum Gasteiger partial charge on any atom is -0.162 e. The molecule has 1 aromatic heterocycles. The Morgan fingerprint density at radius 3 is 1.89 bits per heavy atom. The van der Waals surface area contributed by atoms with E-state index in [4.69, 9.17) is 9.46 Å². The van der Waals surface area contributed by atoms with Gasteiger partial charge in [-0.1, -0.05) is 0 Å². The summed E-state index contributed by atoms with van der Waals surface area (Å²) in [5.74, 6) is 0. The lowest BCUT2D eigenvalue weighted by atomic mass is 10.7. The highest BCUT2D eigenvalue weighted by atomic mass is 31.1. The van der Waals surface area contributed by atoms with Crippen LogP contribution in [0.25, 0.3) is 0 Å². The third-order valence-corrected chi connectivity index (χ3v) is 0.409. The van der Waals surface area contributed by atoms with Crippen molar-refractivity contribution in [1.29, 1.82) is 0 Å². The van der Waals surface area contributed by atoms with Crippen LogP contribution in [0, 0.1) is 0 Å².